The van der Waals surface area contributed by atoms with E-state index >= 15 is 0 Å². The minimum Gasteiger partial charge on any atom is -0.460 e. The fourth-order valence-corrected chi connectivity index (χ4v) is 0.731. The zero-order chi connectivity index (χ0) is 7.72. The van der Waals surface area contributed by atoms with Gasteiger partial charge < -0.3 is 10.2 Å². The molecule has 0 aromatic carbocycles. The largest absolute Gasteiger partial charge is 0.460 e. The molecule has 1 rings (SSSR count). The molecule has 0 saturated carbocycles. The topological polar surface area (TPSA) is 39.2 Å². The molecule has 0 bridgehead atoms. The highest BCUT2D eigenvalue weighted by atomic mass is 16.3. The Balaban J connectivity index is 3.10. The smallest absolute Gasteiger partial charge is 0.149 e. The molecular weight excluding hydrogens is 126 g/mol. The standard InChI is InChI=1S/C8H11NO/c1-5-4-8(6(2)9)10-7(5)3/h4H,2,9H2,1,3H3. The monoisotopic (exact) mass is 137 g/mol. The second-order valence-electron chi connectivity index (χ2n) is 2.38. The van der Waals surface area contributed by atoms with Crippen molar-refractivity contribution in [2.75, 3.05) is 0 Å². The van der Waals surface area contributed by atoms with Gasteiger partial charge in [0.25, 0.3) is 0 Å². The Hall–Kier alpha value is -1.18. The van der Waals surface area contributed by atoms with E-state index in [4.69, 9.17) is 10.2 Å². The second kappa shape index (κ2) is 2.21. The van der Waals surface area contributed by atoms with Gasteiger partial charge in [-0.25, -0.2) is 0 Å². The molecule has 10 heavy (non-hydrogen) atoms. The molecule has 0 unspecified atom stereocenters. The van der Waals surface area contributed by atoms with Crippen LogP contribution in [0.2, 0.25) is 0 Å². The van der Waals surface area contributed by atoms with Crippen LogP contribution in [0.3, 0.4) is 0 Å². The van der Waals surface area contributed by atoms with Gasteiger partial charge in [0.15, 0.2) is 0 Å². The first-order valence-corrected chi connectivity index (χ1v) is 3.13. The highest BCUT2D eigenvalue weighted by Crippen LogP contribution is 2.16. The van der Waals surface area contributed by atoms with Crippen molar-refractivity contribution in [3.8, 4) is 0 Å². The molecule has 0 amide bonds. The van der Waals surface area contributed by atoms with Gasteiger partial charge in [0, 0.05) is 0 Å². The molecule has 0 aliphatic heterocycles. The fourth-order valence-electron chi connectivity index (χ4n) is 0.731. The molecule has 1 aromatic heterocycles. The second-order valence-corrected chi connectivity index (χ2v) is 2.38. The first-order chi connectivity index (χ1) is 4.61. The molecule has 0 aliphatic rings. The van der Waals surface area contributed by atoms with Crippen molar-refractivity contribution in [2.45, 2.75) is 13.8 Å². The molecule has 0 fully saturated rings. The summed E-state index contributed by atoms with van der Waals surface area (Å²) in [4.78, 5) is 0. The Morgan fingerprint density at radius 2 is 2.20 bits per heavy atom. The van der Waals surface area contributed by atoms with Crippen molar-refractivity contribution >= 4 is 5.70 Å². The molecule has 0 spiro atoms. The van der Waals surface area contributed by atoms with E-state index in [0.717, 1.165) is 11.3 Å². The van der Waals surface area contributed by atoms with Crippen LogP contribution in [0.1, 0.15) is 17.1 Å². The Labute approximate surface area is 60.3 Å². The van der Waals surface area contributed by atoms with Crippen LogP contribution in [-0.2, 0) is 0 Å². The summed E-state index contributed by atoms with van der Waals surface area (Å²) in [5.41, 5.74) is 7.00. The quantitative estimate of drug-likeness (QED) is 0.641. The van der Waals surface area contributed by atoms with Crippen molar-refractivity contribution in [3.05, 3.63) is 29.7 Å². The van der Waals surface area contributed by atoms with E-state index in [1.54, 1.807) is 0 Å². The van der Waals surface area contributed by atoms with Crippen LogP contribution in [0.25, 0.3) is 5.70 Å². The molecule has 0 aliphatic carbocycles. The van der Waals surface area contributed by atoms with Gasteiger partial charge in [-0.15, -0.1) is 0 Å². The summed E-state index contributed by atoms with van der Waals surface area (Å²) in [7, 11) is 0. The van der Waals surface area contributed by atoms with Gasteiger partial charge in [0.05, 0.1) is 5.70 Å². The van der Waals surface area contributed by atoms with E-state index in [-0.39, 0.29) is 0 Å². The first-order valence-electron chi connectivity index (χ1n) is 3.13. The first kappa shape index (κ1) is 6.93. The SMILES string of the molecule is C=C(N)c1cc(C)c(C)o1. The zero-order valence-corrected chi connectivity index (χ0v) is 6.27. The van der Waals surface area contributed by atoms with E-state index in [1.807, 2.05) is 19.9 Å². The van der Waals surface area contributed by atoms with E-state index in [0.29, 0.717) is 11.5 Å². The summed E-state index contributed by atoms with van der Waals surface area (Å²) in [5.74, 6) is 1.58. The maximum absolute atomic E-state index is 5.41. The van der Waals surface area contributed by atoms with E-state index in [9.17, 15) is 0 Å². The van der Waals surface area contributed by atoms with Crippen LogP contribution < -0.4 is 5.73 Å². The molecule has 1 heterocycles. The van der Waals surface area contributed by atoms with Gasteiger partial charge >= 0.3 is 0 Å². The summed E-state index contributed by atoms with van der Waals surface area (Å²) in [6, 6.07) is 1.89. The summed E-state index contributed by atoms with van der Waals surface area (Å²) in [5, 5.41) is 0. The highest BCUT2D eigenvalue weighted by molar-refractivity contribution is 5.56. The van der Waals surface area contributed by atoms with E-state index in [1.165, 1.54) is 0 Å². The maximum Gasteiger partial charge on any atom is 0.149 e. The molecule has 0 atom stereocenters. The lowest BCUT2D eigenvalue weighted by Gasteiger charge is -1.89. The van der Waals surface area contributed by atoms with Crippen LogP contribution in [0, 0.1) is 13.8 Å². The van der Waals surface area contributed by atoms with Gasteiger partial charge in [0.2, 0.25) is 0 Å². The number of rotatable bonds is 1. The summed E-state index contributed by atoms with van der Waals surface area (Å²) >= 11 is 0. The summed E-state index contributed by atoms with van der Waals surface area (Å²) in [6.45, 7) is 7.45. The molecule has 0 saturated heterocycles. The van der Waals surface area contributed by atoms with Crippen molar-refractivity contribution in [1.29, 1.82) is 0 Å². The lowest BCUT2D eigenvalue weighted by Crippen LogP contribution is -1.90. The van der Waals surface area contributed by atoms with Crippen molar-refractivity contribution in [2.24, 2.45) is 5.73 Å². The molecular formula is C8H11NO. The average Bonchev–Trinajstić information content (AvgIpc) is 2.13. The normalized spacial score (nSPS) is 9.80. The lowest BCUT2D eigenvalue weighted by molar-refractivity contribution is 0.518. The molecule has 2 heteroatoms. The number of hydrogen-bond donors (Lipinski definition) is 1. The van der Waals surface area contributed by atoms with Crippen LogP contribution >= 0.6 is 0 Å². The van der Waals surface area contributed by atoms with Crippen LogP contribution in [0.15, 0.2) is 17.1 Å². The molecule has 2 nitrogen and oxygen atoms in total. The van der Waals surface area contributed by atoms with Crippen LogP contribution in [0.4, 0.5) is 0 Å². The molecule has 54 valence electrons. The van der Waals surface area contributed by atoms with E-state index < -0.39 is 0 Å². The fraction of sp³-hybridized carbons (Fsp3) is 0.250. The third-order valence-electron chi connectivity index (χ3n) is 1.48. The van der Waals surface area contributed by atoms with Crippen LogP contribution in [0.5, 0.6) is 0 Å². The van der Waals surface area contributed by atoms with Crippen molar-refractivity contribution in [1.82, 2.24) is 0 Å². The van der Waals surface area contributed by atoms with Crippen molar-refractivity contribution in [3.63, 3.8) is 0 Å². The highest BCUT2D eigenvalue weighted by Gasteiger charge is 2.02. The Morgan fingerprint density at radius 1 is 1.60 bits per heavy atom. The number of furan rings is 1. The molecule has 0 radical (unpaired) electrons. The lowest BCUT2D eigenvalue weighted by atomic mass is 10.3. The number of nitrogens with two attached hydrogens (primary N) is 1. The third kappa shape index (κ3) is 1.05. The molecule has 1 aromatic rings. The predicted molar refractivity (Wildman–Crippen MR) is 41.4 cm³/mol. The van der Waals surface area contributed by atoms with Gasteiger partial charge in [-0.3, -0.25) is 0 Å². The Kier molecular flexibility index (Phi) is 1.53. The van der Waals surface area contributed by atoms with Gasteiger partial charge in [-0.1, -0.05) is 6.58 Å². The minimum atomic E-state index is 0.483. The van der Waals surface area contributed by atoms with E-state index in [2.05, 4.69) is 6.58 Å². The predicted octanol–water partition coefficient (Wildman–Crippen LogP) is 1.83. The number of hydrogen-bond acceptors (Lipinski definition) is 2. The van der Waals surface area contributed by atoms with Gasteiger partial charge in [0.1, 0.15) is 11.5 Å². The van der Waals surface area contributed by atoms with Crippen LogP contribution in [-0.4, -0.2) is 0 Å². The summed E-state index contributed by atoms with van der Waals surface area (Å²) < 4.78 is 5.25. The number of aryl methyl sites for hydroxylation is 2. The maximum atomic E-state index is 5.41. The Bertz CT molecular complexity index is 241. The summed E-state index contributed by atoms with van der Waals surface area (Å²) in [6.07, 6.45) is 0. The van der Waals surface area contributed by atoms with Gasteiger partial charge in [-0.05, 0) is 25.5 Å². The molecule has 2 N–H and O–H groups in total. The average molecular weight is 137 g/mol. The minimum absolute atomic E-state index is 0.483. The van der Waals surface area contributed by atoms with Gasteiger partial charge in [-0.2, -0.15) is 0 Å². The third-order valence-corrected chi connectivity index (χ3v) is 1.48. The zero-order valence-electron chi connectivity index (χ0n) is 6.27. The Morgan fingerprint density at radius 3 is 2.40 bits per heavy atom. The van der Waals surface area contributed by atoms with Crippen molar-refractivity contribution < 1.29 is 4.42 Å².